The lowest BCUT2D eigenvalue weighted by molar-refractivity contribution is 0.0818. The van der Waals surface area contributed by atoms with E-state index in [0.717, 1.165) is 16.9 Å². The molecule has 0 heterocycles. The molecule has 20 heavy (non-hydrogen) atoms. The van der Waals surface area contributed by atoms with Crippen molar-refractivity contribution in [3.63, 3.8) is 0 Å². The summed E-state index contributed by atoms with van der Waals surface area (Å²) in [6.45, 7) is 5.77. The molecule has 0 bridgehead atoms. The zero-order chi connectivity index (χ0) is 14.7. The zero-order valence-electron chi connectivity index (χ0n) is 11.8. The molecule has 0 radical (unpaired) electrons. The number of hydrogen-bond acceptors (Lipinski definition) is 2. The molecular formula is C17H17ClO2. The van der Waals surface area contributed by atoms with Crippen molar-refractivity contribution in [3.05, 3.63) is 64.2 Å². The molecule has 1 unspecified atom stereocenters. The van der Waals surface area contributed by atoms with Gasteiger partial charge < -0.3 is 4.74 Å². The van der Waals surface area contributed by atoms with E-state index in [2.05, 4.69) is 6.07 Å². The third kappa shape index (κ3) is 3.61. The predicted octanol–water partition coefficient (Wildman–Crippen LogP) is 4.61. The Kier molecular flexibility index (Phi) is 4.46. The standard InChI is InChI=1S/C17H17ClO2/c1-11-8-12(2)10-16(9-11)20-13(3)17(19)14-4-6-15(18)7-5-14/h4-10,13H,1-3H3. The maximum Gasteiger partial charge on any atom is 0.202 e. The molecule has 1 atom stereocenters. The Morgan fingerprint density at radius 2 is 1.60 bits per heavy atom. The molecule has 0 saturated carbocycles. The molecule has 0 spiro atoms. The van der Waals surface area contributed by atoms with Gasteiger partial charge in [-0.3, -0.25) is 4.79 Å². The number of benzene rings is 2. The van der Waals surface area contributed by atoms with Crippen LogP contribution in [0.1, 0.15) is 28.4 Å². The molecule has 0 aromatic heterocycles. The molecule has 0 saturated heterocycles. The van der Waals surface area contributed by atoms with E-state index < -0.39 is 6.10 Å². The first kappa shape index (κ1) is 14.6. The second kappa shape index (κ2) is 6.10. The first-order valence-electron chi connectivity index (χ1n) is 6.50. The van der Waals surface area contributed by atoms with Gasteiger partial charge in [0.15, 0.2) is 6.10 Å². The minimum Gasteiger partial charge on any atom is -0.483 e. The Hall–Kier alpha value is -1.80. The summed E-state index contributed by atoms with van der Waals surface area (Å²) in [6.07, 6.45) is -0.530. The van der Waals surface area contributed by atoms with Gasteiger partial charge in [-0.15, -0.1) is 0 Å². The normalized spacial score (nSPS) is 12.0. The first-order valence-corrected chi connectivity index (χ1v) is 6.88. The number of ether oxygens (including phenoxy) is 1. The average Bonchev–Trinajstić information content (AvgIpc) is 2.37. The molecule has 0 aliphatic rings. The number of Topliss-reactive ketones (excluding diaryl/α,β-unsaturated/α-hetero) is 1. The van der Waals surface area contributed by atoms with Gasteiger partial charge in [0.1, 0.15) is 5.75 Å². The highest BCUT2D eigenvalue weighted by Crippen LogP contribution is 2.19. The second-order valence-electron chi connectivity index (χ2n) is 4.95. The van der Waals surface area contributed by atoms with Crippen LogP contribution in [0.5, 0.6) is 5.75 Å². The van der Waals surface area contributed by atoms with Crippen LogP contribution < -0.4 is 4.74 Å². The molecule has 3 heteroatoms. The summed E-state index contributed by atoms with van der Waals surface area (Å²) in [7, 11) is 0. The summed E-state index contributed by atoms with van der Waals surface area (Å²) < 4.78 is 5.74. The number of rotatable bonds is 4. The highest BCUT2D eigenvalue weighted by atomic mass is 35.5. The molecule has 2 rings (SSSR count). The Morgan fingerprint density at radius 1 is 1.05 bits per heavy atom. The quantitative estimate of drug-likeness (QED) is 0.768. The van der Waals surface area contributed by atoms with Gasteiger partial charge in [0.05, 0.1) is 0 Å². The fraction of sp³-hybridized carbons (Fsp3) is 0.235. The number of hydrogen-bond donors (Lipinski definition) is 0. The third-order valence-electron chi connectivity index (χ3n) is 3.01. The fourth-order valence-corrected chi connectivity index (χ4v) is 2.23. The van der Waals surface area contributed by atoms with Gasteiger partial charge in [0, 0.05) is 10.6 Å². The molecule has 0 aliphatic carbocycles. The molecule has 0 aliphatic heterocycles. The number of halogens is 1. The van der Waals surface area contributed by atoms with E-state index in [1.54, 1.807) is 31.2 Å². The van der Waals surface area contributed by atoms with E-state index in [0.29, 0.717) is 10.6 Å². The van der Waals surface area contributed by atoms with Crippen LogP contribution in [-0.4, -0.2) is 11.9 Å². The first-order chi connectivity index (χ1) is 9.45. The van der Waals surface area contributed by atoms with Crippen LogP contribution in [-0.2, 0) is 0 Å². The maximum absolute atomic E-state index is 12.3. The highest BCUT2D eigenvalue weighted by molar-refractivity contribution is 6.30. The molecule has 0 N–H and O–H groups in total. The van der Waals surface area contributed by atoms with Crippen molar-refractivity contribution < 1.29 is 9.53 Å². The Labute approximate surface area is 124 Å². The number of ketones is 1. The summed E-state index contributed by atoms with van der Waals surface area (Å²) in [6, 6.07) is 12.8. The molecule has 0 amide bonds. The van der Waals surface area contributed by atoms with Gasteiger partial charge in [0.25, 0.3) is 0 Å². The van der Waals surface area contributed by atoms with Crippen molar-refractivity contribution in [2.24, 2.45) is 0 Å². The Morgan fingerprint density at radius 3 is 2.15 bits per heavy atom. The van der Waals surface area contributed by atoms with E-state index in [-0.39, 0.29) is 5.78 Å². The lowest BCUT2D eigenvalue weighted by Crippen LogP contribution is -2.23. The summed E-state index contributed by atoms with van der Waals surface area (Å²) >= 11 is 5.82. The van der Waals surface area contributed by atoms with E-state index in [9.17, 15) is 4.79 Å². The minimum atomic E-state index is -0.530. The molecule has 2 nitrogen and oxygen atoms in total. The molecule has 0 fully saturated rings. The van der Waals surface area contributed by atoms with Crippen LogP contribution in [0.15, 0.2) is 42.5 Å². The van der Waals surface area contributed by atoms with Gasteiger partial charge in [-0.25, -0.2) is 0 Å². The van der Waals surface area contributed by atoms with Gasteiger partial charge in [-0.1, -0.05) is 17.7 Å². The van der Waals surface area contributed by atoms with Crippen LogP contribution >= 0.6 is 11.6 Å². The summed E-state index contributed by atoms with van der Waals surface area (Å²) in [5, 5.41) is 0.615. The van der Waals surface area contributed by atoms with Gasteiger partial charge in [0.2, 0.25) is 5.78 Å². The summed E-state index contributed by atoms with van der Waals surface area (Å²) in [5.74, 6) is 0.665. The zero-order valence-corrected chi connectivity index (χ0v) is 12.6. The Bertz CT molecular complexity index is 597. The molecule has 2 aromatic rings. The van der Waals surface area contributed by atoms with Crippen molar-refractivity contribution in [3.8, 4) is 5.75 Å². The minimum absolute atomic E-state index is 0.0548. The summed E-state index contributed by atoms with van der Waals surface area (Å²) in [4.78, 5) is 12.3. The monoisotopic (exact) mass is 288 g/mol. The Balaban J connectivity index is 2.13. The van der Waals surface area contributed by atoms with Crippen LogP contribution in [0.2, 0.25) is 5.02 Å². The molecule has 2 aromatic carbocycles. The van der Waals surface area contributed by atoms with Crippen molar-refractivity contribution in [2.75, 3.05) is 0 Å². The summed E-state index contributed by atoms with van der Waals surface area (Å²) in [5.41, 5.74) is 2.84. The van der Waals surface area contributed by atoms with Crippen LogP contribution in [0.3, 0.4) is 0 Å². The fourth-order valence-electron chi connectivity index (χ4n) is 2.11. The predicted molar refractivity (Wildman–Crippen MR) is 81.8 cm³/mol. The number of carbonyl (C=O) groups is 1. The SMILES string of the molecule is Cc1cc(C)cc(OC(C)C(=O)c2ccc(Cl)cc2)c1. The smallest absolute Gasteiger partial charge is 0.202 e. The largest absolute Gasteiger partial charge is 0.483 e. The van der Waals surface area contributed by atoms with Crippen LogP contribution in [0.25, 0.3) is 0 Å². The average molecular weight is 289 g/mol. The van der Waals surface area contributed by atoms with Crippen molar-refractivity contribution in [2.45, 2.75) is 26.9 Å². The van der Waals surface area contributed by atoms with Crippen LogP contribution in [0.4, 0.5) is 0 Å². The van der Waals surface area contributed by atoms with E-state index in [1.807, 2.05) is 26.0 Å². The van der Waals surface area contributed by atoms with Gasteiger partial charge in [-0.05, 0) is 68.3 Å². The molecular weight excluding hydrogens is 272 g/mol. The topological polar surface area (TPSA) is 26.3 Å². The van der Waals surface area contributed by atoms with Gasteiger partial charge in [-0.2, -0.15) is 0 Å². The second-order valence-corrected chi connectivity index (χ2v) is 5.39. The van der Waals surface area contributed by atoms with Gasteiger partial charge >= 0.3 is 0 Å². The van der Waals surface area contributed by atoms with E-state index in [1.165, 1.54) is 0 Å². The van der Waals surface area contributed by atoms with Crippen molar-refractivity contribution in [1.29, 1.82) is 0 Å². The molecule has 104 valence electrons. The lowest BCUT2D eigenvalue weighted by Gasteiger charge is -2.15. The number of aryl methyl sites for hydroxylation is 2. The van der Waals surface area contributed by atoms with E-state index in [4.69, 9.17) is 16.3 Å². The third-order valence-corrected chi connectivity index (χ3v) is 3.26. The van der Waals surface area contributed by atoms with Crippen molar-refractivity contribution >= 4 is 17.4 Å². The number of carbonyl (C=O) groups excluding carboxylic acids is 1. The maximum atomic E-state index is 12.3. The van der Waals surface area contributed by atoms with E-state index >= 15 is 0 Å². The highest BCUT2D eigenvalue weighted by Gasteiger charge is 2.17. The van der Waals surface area contributed by atoms with Crippen molar-refractivity contribution in [1.82, 2.24) is 0 Å². The lowest BCUT2D eigenvalue weighted by atomic mass is 10.1. The van der Waals surface area contributed by atoms with Crippen LogP contribution in [0, 0.1) is 13.8 Å².